The van der Waals surface area contributed by atoms with Crippen LogP contribution in [0.5, 0.6) is 0 Å². The number of nitrogens with one attached hydrogen (secondary N) is 2. The largest absolute Gasteiger partial charge is 0.326 e. The highest BCUT2D eigenvalue weighted by Gasteiger charge is 2.19. The van der Waals surface area contributed by atoms with Gasteiger partial charge < -0.3 is 11.1 Å². The molecule has 0 radical (unpaired) electrons. The third-order valence-electron chi connectivity index (χ3n) is 4.30. The summed E-state index contributed by atoms with van der Waals surface area (Å²) < 4.78 is 41.9. The Morgan fingerprint density at radius 1 is 1.13 bits per heavy atom. The van der Waals surface area contributed by atoms with Crippen LogP contribution in [0.15, 0.2) is 65.6 Å². The van der Waals surface area contributed by atoms with Crippen LogP contribution in [0, 0.1) is 17.1 Å². The Kier molecular flexibility index (Phi) is 6.56. The van der Waals surface area contributed by atoms with Crippen molar-refractivity contribution in [2.45, 2.75) is 11.4 Å². The van der Waals surface area contributed by atoms with Crippen molar-refractivity contribution >= 4 is 38.9 Å². The number of rotatable bonds is 6. The first kappa shape index (κ1) is 22.2. The van der Waals surface area contributed by atoms with Crippen molar-refractivity contribution < 1.29 is 17.6 Å². The lowest BCUT2D eigenvalue weighted by Gasteiger charge is -2.14. The Morgan fingerprint density at radius 2 is 1.87 bits per heavy atom. The van der Waals surface area contributed by atoms with Gasteiger partial charge in [0.25, 0.3) is 15.9 Å². The first-order chi connectivity index (χ1) is 14.7. The van der Waals surface area contributed by atoms with Gasteiger partial charge in [-0.25, -0.2) is 12.8 Å². The number of nitrogens with two attached hydrogens (primary N) is 1. The summed E-state index contributed by atoms with van der Waals surface area (Å²) in [6.07, 6.45) is 0. The number of nitriles is 1. The van der Waals surface area contributed by atoms with Gasteiger partial charge in [-0.3, -0.25) is 9.52 Å². The van der Waals surface area contributed by atoms with E-state index in [9.17, 15) is 17.6 Å². The maximum absolute atomic E-state index is 14.0. The number of benzene rings is 3. The normalized spacial score (nSPS) is 10.9. The van der Waals surface area contributed by atoms with Gasteiger partial charge in [-0.15, -0.1) is 0 Å². The van der Waals surface area contributed by atoms with E-state index in [1.165, 1.54) is 54.6 Å². The smallest absolute Gasteiger partial charge is 0.261 e. The van der Waals surface area contributed by atoms with Crippen LogP contribution in [-0.4, -0.2) is 14.3 Å². The second-order valence-corrected chi connectivity index (χ2v) is 8.46. The molecule has 0 bridgehead atoms. The van der Waals surface area contributed by atoms with Gasteiger partial charge >= 0.3 is 0 Å². The van der Waals surface area contributed by atoms with E-state index >= 15 is 0 Å². The SMILES string of the molecule is N#Cc1cccc(S(=O)(=O)Nc2cc(NC(=O)c3c(F)cccc3Cl)ccc2CN)c1. The molecule has 0 saturated carbocycles. The second-order valence-electron chi connectivity index (χ2n) is 6.37. The molecule has 3 rings (SSSR count). The average Bonchev–Trinajstić information content (AvgIpc) is 2.73. The lowest BCUT2D eigenvalue weighted by molar-refractivity contribution is 0.102. The molecule has 4 N–H and O–H groups in total. The first-order valence-corrected chi connectivity index (χ1v) is 10.7. The van der Waals surface area contributed by atoms with Crippen molar-refractivity contribution in [3.8, 4) is 6.07 Å². The summed E-state index contributed by atoms with van der Waals surface area (Å²) in [6, 6.07) is 15.6. The summed E-state index contributed by atoms with van der Waals surface area (Å²) >= 11 is 5.92. The third kappa shape index (κ3) is 5.00. The monoisotopic (exact) mass is 458 g/mol. The minimum atomic E-state index is -4.04. The Bertz CT molecular complexity index is 1290. The molecule has 0 fully saturated rings. The maximum atomic E-state index is 14.0. The number of amides is 1. The van der Waals surface area contributed by atoms with E-state index < -0.39 is 21.7 Å². The molecular formula is C21H16ClFN4O3S. The number of hydrogen-bond acceptors (Lipinski definition) is 5. The second kappa shape index (κ2) is 9.14. The Balaban J connectivity index is 1.92. The van der Waals surface area contributed by atoms with Crippen LogP contribution in [0.1, 0.15) is 21.5 Å². The van der Waals surface area contributed by atoms with Crippen LogP contribution >= 0.6 is 11.6 Å². The number of sulfonamides is 1. The Labute approximate surface area is 183 Å². The molecule has 0 atom stereocenters. The van der Waals surface area contributed by atoms with Crippen molar-refractivity contribution in [1.29, 1.82) is 5.26 Å². The van der Waals surface area contributed by atoms with Crippen LogP contribution in [0.25, 0.3) is 0 Å². The van der Waals surface area contributed by atoms with Crippen LogP contribution in [0.4, 0.5) is 15.8 Å². The molecular weight excluding hydrogens is 443 g/mol. The van der Waals surface area contributed by atoms with Crippen molar-refractivity contribution in [3.05, 3.63) is 88.2 Å². The molecule has 158 valence electrons. The van der Waals surface area contributed by atoms with E-state index in [2.05, 4.69) is 10.0 Å². The van der Waals surface area contributed by atoms with E-state index in [0.717, 1.165) is 6.07 Å². The molecule has 0 saturated heterocycles. The van der Waals surface area contributed by atoms with Crippen molar-refractivity contribution in [3.63, 3.8) is 0 Å². The zero-order valence-corrected chi connectivity index (χ0v) is 17.5. The zero-order valence-electron chi connectivity index (χ0n) is 15.9. The topological polar surface area (TPSA) is 125 Å². The standard InChI is InChI=1S/C21H16ClFN4O3S/c22-17-5-2-6-18(23)20(17)21(28)26-15-8-7-14(12-25)19(10-15)27-31(29,30)16-4-1-3-13(9-16)11-24/h1-10,27H,12,25H2,(H,26,28). The number of halogens is 2. The Morgan fingerprint density at radius 3 is 2.55 bits per heavy atom. The quantitative estimate of drug-likeness (QED) is 0.517. The summed E-state index contributed by atoms with van der Waals surface area (Å²) in [6.45, 7) is 0.0173. The molecule has 0 heterocycles. The van der Waals surface area contributed by atoms with Gasteiger partial charge in [-0.05, 0) is 48.0 Å². The fourth-order valence-electron chi connectivity index (χ4n) is 2.77. The Hall–Kier alpha value is -3.45. The summed E-state index contributed by atoms with van der Waals surface area (Å²) in [5.74, 6) is -1.58. The molecule has 0 aliphatic heterocycles. The molecule has 0 unspecified atom stereocenters. The molecule has 0 aromatic heterocycles. The van der Waals surface area contributed by atoms with Crippen LogP contribution in [0.3, 0.4) is 0 Å². The fourth-order valence-corrected chi connectivity index (χ4v) is 4.16. The summed E-state index contributed by atoms with van der Waals surface area (Å²) in [5, 5.41) is 11.4. The van der Waals surface area contributed by atoms with Gasteiger partial charge in [0.1, 0.15) is 5.82 Å². The highest BCUT2D eigenvalue weighted by atomic mass is 35.5. The number of hydrogen-bond donors (Lipinski definition) is 3. The lowest BCUT2D eigenvalue weighted by Crippen LogP contribution is -2.17. The molecule has 0 spiro atoms. The highest BCUT2D eigenvalue weighted by molar-refractivity contribution is 7.92. The molecule has 10 heteroatoms. The fraction of sp³-hybridized carbons (Fsp3) is 0.0476. The van der Waals surface area contributed by atoms with E-state index in [4.69, 9.17) is 22.6 Å². The van der Waals surface area contributed by atoms with Gasteiger partial charge in [-0.1, -0.05) is 29.8 Å². The van der Waals surface area contributed by atoms with Gasteiger partial charge in [0.15, 0.2) is 0 Å². The number of carbonyl (C=O) groups excluding carboxylic acids is 1. The molecule has 0 aliphatic carbocycles. The third-order valence-corrected chi connectivity index (χ3v) is 5.97. The molecule has 7 nitrogen and oxygen atoms in total. The van der Waals surface area contributed by atoms with Gasteiger partial charge in [0.2, 0.25) is 0 Å². The van der Waals surface area contributed by atoms with Gasteiger partial charge in [-0.2, -0.15) is 5.26 Å². The average molecular weight is 459 g/mol. The summed E-state index contributed by atoms with van der Waals surface area (Å²) in [4.78, 5) is 12.4. The maximum Gasteiger partial charge on any atom is 0.261 e. The lowest BCUT2D eigenvalue weighted by atomic mass is 10.1. The van der Waals surface area contributed by atoms with E-state index in [0.29, 0.717) is 5.56 Å². The van der Waals surface area contributed by atoms with Crippen LogP contribution in [-0.2, 0) is 16.6 Å². The van der Waals surface area contributed by atoms with E-state index in [1.807, 2.05) is 6.07 Å². The van der Waals surface area contributed by atoms with Crippen molar-refractivity contribution in [1.82, 2.24) is 0 Å². The molecule has 3 aromatic rings. The van der Waals surface area contributed by atoms with Crippen molar-refractivity contribution in [2.24, 2.45) is 5.73 Å². The van der Waals surface area contributed by atoms with E-state index in [-0.39, 0.29) is 39.0 Å². The number of anilines is 2. The predicted molar refractivity (Wildman–Crippen MR) is 116 cm³/mol. The first-order valence-electron chi connectivity index (χ1n) is 8.86. The van der Waals surface area contributed by atoms with Gasteiger partial charge in [0, 0.05) is 12.2 Å². The summed E-state index contributed by atoms with van der Waals surface area (Å²) in [5.41, 5.74) is 6.34. The van der Waals surface area contributed by atoms with Gasteiger partial charge in [0.05, 0.1) is 32.8 Å². The van der Waals surface area contributed by atoms with Crippen molar-refractivity contribution in [2.75, 3.05) is 10.0 Å². The minimum absolute atomic E-state index is 0.0173. The number of nitrogens with zero attached hydrogens (tertiary/aromatic N) is 1. The van der Waals surface area contributed by atoms with Crippen LogP contribution < -0.4 is 15.8 Å². The summed E-state index contributed by atoms with van der Waals surface area (Å²) in [7, 11) is -4.04. The molecule has 31 heavy (non-hydrogen) atoms. The van der Waals surface area contributed by atoms with E-state index in [1.54, 1.807) is 0 Å². The number of carbonyl (C=O) groups is 1. The molecule has 1 amide bonds. The molecule has 3 aromatic carbocycles. The highest BCUT2D eigenvalue weighted by Crippen LogP contribution is 2.26. The zero-order chi connectivity index (χ0) is 22.6. The van der Waals surface area contributed by atoms with Crippen LogP contribution in [0.2, 0.25) is 5.02 Å². The molecule has 0 aliphatic rings. The predicted octanol–water partition coefficient (Wildman–Crippen LogP) is 3.86. The minimum Gasteiger partial charge on any atom is -0.326 e.